The van der Waals surface area contributed by atoms with Crippen LogP contribution in [0.4, 0.5) is 0 Å². The number of benzene rings is 2. The van der Waals surface area contributed by atoms with Crippen LogP contribution in [0.3, 0.4) is 0 Å². The van der Waals surface area contributed by atoms with Gasteiger partial charge in [0, 0.05) is 0 Å². The summed E-state index contributed by atoms with van der Waals surface area (Å²) in [5.41, 5.74) is 2.72. The average molecular weight is 343 g/mol. The van der Waals surface area contributed by atoms with E-state index in [-0.39, 0.29) is 6.61 Å². The zero-order chi connectivity index (χ0) is 17.8. The molecule has 6 heteroatoms. The quantitative estimate of drug-likeness (QED) is 0.532. The lowest BCUT2D eigenvalue weighted by molar-refractivity contribution is 0.243. The summed E-state index contributed by atoms with van der Waals surface area (Å²) >= 11 is 0. The second kappa shape index (κ2) is 6.95. The molecule has 0 saturated carbocycles. The van der Waals surface area contributed by atoms with E-state index in [0.29, 0.717) is 28.8 Å². The first-order valence-electron chi connectivity index (χ1n) is 7.92. The summed E-state index contributed by atoms with van der Waals surface area (Å²) in [6.45, 7) is 0.171. The van der Waals surface area contributed by atoms with Crippen molar-refractivity contribution in [1.29, 1.82) is 5.26 Å². The van der Waals surface area contributed by atoms with Gasteiger partial charge in [-0.25, -0.2) is 0 Å². The Morgan fingerprint density at radius 2 is 1.69 bits per heavy atom. The van der Waals surface area contributed by atoms with E-state index in [9.17, 15) is 0 Å². The maximum atomic E-state index is 8.85. The number of furan rings is 1. The van der Waals surface area contributed by atoms with Gasteiger partial charge >= 0.3 is 0 Å². The molecule has 0 N–H and O–H groups in total. The highest BCUT2D eigenvalue weighted by molar-refractivity contribution is 5.64. The number of rotatable bonds is 5. The standard InChI is InChI=1S/C20H13N3O3/c21-12-14-3-5-15(6-4-14)16-7-9-17(10-8-16)25-13-19-22-20(23-26-19)18-2-1-11-24-18/h1-11H,13H2. The minimum atomic E-state index is 0.171. The zero-order valence-electron chi connectivity index (χ0n) is 13.6. The lowest BCUT2D eigenvalue weighted by atomic mass is 10.0. The van der Waals surface area contributed by atoms with Gasteiger partial charge in [-0.05, 0) is 47.5 Å². The van der Waals surface area contributed by atoms with Crippen molar-refractivity contribution < 1.29 is 13.7 Å². The van der Waals surface area contributed by atoms with Gasteiger partial charge in [0.1, 0.15) is 5.75 Å². The number of hydrogen-bond acceptors (Lipinski definition) is 6. The summed E-state index contributed by atoms with van der Waals surface area (Å²) < 4.78 is 16.1. The Morgan fingerprint density at radius 1 is 0.962 bits per heavy atom. The maximum Gasteiger partial charge on any atom is 0.264 e. The molecule has 0 spiro atoms. The smallest absolute Gasteiger partial charge is 0.264 e. The molecule has 0 unspecified atom stereocenters. The Morgan fingerprint density at radius 3 is 2.35 bits per heavy atom. The Bertz CT molecular complexity index is 1030. The van der Waals surface area contributed by atoms with E-state index in [0.717, 1.165) is 11.1 Å². The molecule has 0 aliphatic carbocycles. The van der Waals surface area contributed by atoms with Crippen LogP contribution >= 0.6 is 0 Å². The highest BCUT2D eigenvalue weighted by Gasteiger charge is 2.11. The summed E-state index contributed by atoms with van der Waals surface area (Å²) in [5.74, 6) is 2.00. The molecule has 0 saturated heterocycles. The SMILES string of the molecule is N#Cc1ccc(-c2ccc(OCc3nc(-c4ccco4)no3)cc2)cc1. The predicted octanol–water partition coefficient (Wildman–Crippen LogP) is 4.45. The molecule has 0 aliphatic heterocycles. The van der Waals surface area contributed by atoms with Crippen molar-refractivity contribution >= 4 is 0 Å². The van der Waals surface area contributed by atoms with Gasteiger partial charge in [0.15, 0.2) is 12.4 Å². The monoisotopic (exact) mass is 343 g/mol. The van der Waals surface area contributed by atoms with E-state index < -0.39 is 0 Å². The second-order valence-electron chi connectivity index (χ2n) is 5.49. The number of nitriles is 1. The third-order valence-electron chi connectivity index (χ3n) is 3.77. The molecule has 0 amide bonds. The fourth-order valence-corrected chi connectivity index (χ4v) is 2.45. The molecule has 4 rings (SSSR count). The third kappa shape index (κ3) is 3.32. The van der Waals surface area contributed by atoms with Gasteiger partial charge in [0.25, 0.3) is 5.89 Å². The van der Waals surface area contributed by atoms with E-state index in [2.05, 4.69) is 16.2 Å². The van der Waals surface area contributed by atoms with Crippen molar-refractivity contribution in [2.24, 2.45) is 0 Å². The second-order valence-corrected chi connectivity index (χ2v) is 5.49. The fourth-order valence-electron chi connectivity index (χ4n) is 2.45. The molecule has 0 atom stereocenters. The van der Waals surface area contributed by atoms with Crippen molar-refractivity contribution in [1.82, 2.24) is 10.1 Å². The number of hydrogen-bond donors (Lipinski definition) is 0. The van der Waals surface area contributed by atoms with Gasteiger partial charge in [-0.3, -0.25) is 0 Å². The van der Waals surface area contributed by atoms with Crippen LogP contribution in [0, 0.1) is 11.3 Å². The van der Waals surface area contributed by atoms with Crippen LogP contribution in [0.1, 0.15) is 11.5 Å². The Labute approximate surface area is 149 Å². The molecule has 6 nitrogen and oxygen atoms in total. The van der Waals surface area contributed by atoms with Crippen LogP contribution in [0.15, 0.2) is 75.9 Å². The highest BCUT2D eigenvalue weighted by Crippen LogP contribution is 2.23. The van der Waals surface area contributed by atoms with Gasteiger partial charge in [-0.1, -0.05) is 29.4 Å². The van der Waals surface area contributed by atoms with E-state index in [1.807, 2.05) is 36.4 Å². The zero-order valence-corrected chi connectivity index (χ0v) is 13.6. The summed E-state index contributed by atoms with van der Waals surface area (Å²) in [7, 11) is 0. The molecule has 2 aromatic carbocycles. The molecule has 126 valence electrons. The van der Waals surface area contributed by atoms with E-state index >= 15 is 0 Å². The summed E-state index contributed by atoms with van der Waals surface area (Å²) in [5, 5.41) is 12.7. The number of aromatic nitrogens is 2. The van der Waals surface area contributed by atoms with E-state index in [4.69, 9.17) is 18.9 Å². The average Bonchev–Trinajstić information content (AvgIpc) is 3.38. The van der Waals surface area contributed by atoms with Crippen molar-refractivity contribution in [2.75, 3.05) is 0 Å². The first-order chi connectivity index (χ1) is 12.8. The van der Waals surface area contributed by atoms with Crippen molar-refractivity contribution in [3.05, 3.63) is 78.4 Å². The maximum absolute atomic E-state index is 8.85. The van der Waals surface area contributed by atoms with Crippen LogP contribution in [0.25, 0.3) is 22.7 Å². The first-order valence-corrected chi connectivity index (χ1v) is 7.92. The molecular weight excluding hydrogens is 330 g/mol. The number of nitrogens with zero attached hydrogens (tertiary/aromatic N) is 3. The fraction of sp³-hybridized carbons (Fsp3) is 0.0500. The molecule has 4 aromatic rings. The Hall–Kier alpha value is -3.85. The molecule has 26 heavy (non-hydrogen) atoms. The van der Waals surface area contributed by atoms with Gasteiger partial charge in [0.2, 0.25) is 5.82 Å². The Kier molecular flexibility index (Phi) is 4.19. The molecule has 0 radical (unpaired) electrons. The van der Waals surface area contributed by atoms with Crippen molar-refractivity contribution in [3.8, 4) is 34.5 Å². The summed E-state index contributed by atoms with van der Waals surface area (Å²) in [4.78, 5) is 4.23. The Balaban J connectivity index is 1.40. The van der Waals surface area contributed by atoms with Crippen LogP contribution in [-0.4, -0.2) is 10.1 Å². The number of ether oxygens (including phenoxy) is 1. The third-order valence-corrected chi connectivity index (χ3v) is 3.77. The van der Waals surface area contributed by atoms with Gasteiger partial charge in [-0.15, -0.1) is 0 Å². The normalized spacial score (nSPS) is 10.4. The van der Waals surface area contributed by atoms with Crippen molar-refractivity contribution in [2.45, 2.75) is 6.61 Å². The highest BCUT2D eigenvalue weighted by atomic mass is 16.5. The molecular formula is C20H13N3O3. The van der Waals surface area contributed by atoms with Crippen LogP contribution in [0.5, 0.6) is 5.75 Å². The van der Waals surface area contributed by atoms with Gasteiger partial charge in [-0.2, -0.15) is 10.2 Å². The van der Waals surface area contributed by atoms with E-state index in [1.54, 1.807) is 30.5 Å². The van der Waals surface area contributed by atoms with E-state index in [1.165, 1.54) is 0 Å². The molecule has 2 aromatic heterocycles. The van der Waals surface area contributed by atoms with Crippen LogP contribution in [-0.2, 0) is 6.61 Å². The summed E-state index contributed by atoms with van der Waals surface area (Å²) in [6.07, 6.45) is 1.55. The lowest BCUT2D eigenvalue weighted by Gasteiger charge is -2.05. The molecule has 0 aliphatic rings. The van der Waals surface area contributed by atoms with Gasteiger partial charge < -0.3 is 13.7 Å². The minimum absolute atomic E-state index is 0.171. The molecule has 0 bridgehead atoms. The topological polar surface area (TPSA) is 85.1 Å². The minimum Gasteiger partial charge on any atom is -0.484 e. The first kappa shape index (κ1) is 15.7. The molecule has 2 heterocycles. The van der Waals surface area contributed by atoms with Gasteiger partial charge in [0.05, 0.1) is 17.9 Å². The largest absolute Gasteiger partial charge is 0.484 e. The lowest BCUT2D eigenvalue weighted by Crippen LogP contribution is -1.95. The van der Waals surface area contributed by atoms with Crippen LogP contribution < -0.4 is 4.74 Å². The van der Waals surface area contributed by atoms with Crippen molar-refractivity contribution in [3.63, 3.8) is 0 Å². The molecule has 0 fully saturated rings. The summed E-state index contributed by atoms with van der Waals surface area (Å²) in [6, 6.07) is 20.7. The van der Waals surface area contributed by atoms with Crippen LogP contribution in [0.2, 0.25) is 0 Å². The predicted molar refractivity (Wildman–Crippen MR) is 92.9 cm³/mol.